The Bertz CT molecular complexity index is 1040. The number of carbonyl (C=O) groups excluding carboxylic acids is 2. The number of ether oxygens (including phenoxy) is 1. The van der Waals surface area contributed by atoms with Crippen LogP contribution >= 0.6 is 0 Å². The maximum absolute atomic E-state index is 13.1. The molecule has 2 unspecified atom stereocenters. The fraction of sp³-hybridized carbons (Fsp3) is 0.444. The molecule has 8 heteroatoms. The molecule has 1 saturated heterocycles. The van der Waals surface area contributed by atoms with E-state index in [2.05, 4.69) is 36.2 Å². The van der Waals surface area contributed by atoms with Crippen LogP contribution in [0.4, 0.5) is 4.79 Å². The summed E-state index contributed by atoms with van der Waals surface area (Å²) in [5.74, 6) is -1.65. The Morgan fingerprint density at radius 3 is 2.23 bits per heavy atom. The first kappa shape index (κ1) is 24.7. The van der Waals surface area contributed by atoms with Crippen molar-refractivity contribution in [3.8, 4) is 11.1 Å². The Morgan fingerprint density at radius 2 is 1.66 bits per heavy atom. The first-order valence-corrected chi connectivity index (χ1v) is 12.3. The van der Waals surface area contributed by atoms with E-state index in [1.54, 1.807) is 4.90 Å². The molecule has 1 aliphatic heterocycles. The first-order chi connectivity index (χ1) is 16.9. The lowest BCUT2D eigenvalue weighted by Crippen LogP contribution is -2.50. The smallest absolute Gasteiger partial charge is 0.407 e. The Labute approximate surface area is 205 Å². The molecule has 0 radical (unpaired) electrons. The summed E-state index contributed by atoms with van der Waals surface area (Å²) in [6.07, 6.45) is -0.445. The summed E-state index contributed by atoms with van der Waals surface area (Å²) in [5.41, 5.74) is 4.40. The topological polar surface area (TPSA) is 99.2 Å². The lowest BCUT2D eigenvalue weighted by atomic mass is 9.98. The maximum Gasteiger partial charge on any atom is 0.407 e. The molecule has 2 atom stereocenters. The van der Waals surface area contributed by atoms with Crippen LogP contribution in [0.25, 0.3) is 11.1 Å². The van der Waals surface area contributed by atoms with E-state index < -0.39 is 24.5 Å². The van der Waals surface area contributed by atoms with Crippen molar-refractivity contribution in [2.24, 2.45) is 0 Å². The van der Waals surface area contributed by atoms with Gasteiger partial charge in [0.1, 0.15) is 12.6 Å². The zero-order chi connectivity index (χ0) is 24.9. The fourth-order valence-electron chi connectivity index (χ4n) is 5.36. The number of amides is 2. The van der Waals surface area contributed by atoms with Crippen molar-refractivity contribution in [2.75, 3.05) is 32.8 Å². The summed E-state index contributed by atoms with van der Waals surface area (Å²) in [7, 11) is 0. The number of aliphatic carboxylic acids is 1. The SMILES string of the molecule is CCN(CC)C1CCN(C(=O)C(CC(=O)O)NC(=O)OCC2c3ccccc3-c3ccccc32)C1. The minimum Gasteiger partial charge on any atom is -0.481 e. The quantitative estimate of drug-likeness (QED) is 0.573. The van der Waals surface area contributed by atoms with Gasteiger partial charge in [-0.1, -0.05) is 62.4 Å². The molecule has 2 aromatic rings. The highest BCUT2D eigenvalue weighted by molar-refractivity contribution is 5.89. The zero-order valence-electron chi connectivity index (χ0n) is 20.3. The van der Waals surface area contributed by atoms with Crippen LogP contribution in [0.15, 0.2) is 48.5 Å². The predicted molar refractivity (Wildman–Crippen MR) is 132 cm³/mol. The van der Waals surface area contributed by atoms with Crippen LogP contribution in [0.2, 0.25) is 0 Å². The van der Waals surface area contributed by atoms with Gasteiger partial charge in [0.2, 0.25) is 5.91 Å². The third-order valence-corrected chi connectivity index (χ3v) is 7.12. The molecule has 4 rings (SSSR count). The number of carboxylic acids is 1. The Kier molecular flexibility index (Phi) is 7.70. The zero-order valence-corrected chi connectivity index (χ0v) is 20.3. The fourth-order valence-corrected chi connectivity index (χ4v) is 5.36. The molecular formula is C27H33N3O5. The van der Waals surface area contributed by atoms with Crippen molar-refractivity contribution >= 4 is 18.0 Å². The molecule has 2 amide bonds. The van der Waals surface area contributed by atoms with E-state index in [0.29, 0.717) is 13.1 Å². The van der Waals surface area contributed by atoms with Crippen LogP contribution in [-0.2, 0) is 14.3 Å². The van der Waals surface area contributed by atoms with Crippen molar-refractivity contribution in [3.05, 3.63) is 59.7 Å². The molecule has 0 bridgehead atoms. The van der Waals surface area contributed by atoms with Gasteiger partial charge in [-0.2, -0.15) is 0 Å². The monoisotopic (exact) mass is 479 g/mol. The largest absolute Gasteiger partial charge is 0.481 e. The highest BCUT2D eigenvalue weighted by Gasteiger charge is 2.35. The summed E-state index contributed by atoms with van der Waals surface area (Å²) in [6.45, 7) is 7.12. The van der Waals surface area contributed by atoms with Gasteiger partial charge in [-0.05, 0) is 41.8 Å². The second kappa shape index (κ2) is 10.9. The number of nitrogens with one attached hydrogen (secondary N) is 1. The Hall–Kier alpha value is -3.39. The van der Waals surface area contributed by atoms with Crippen LogP contribution in [0.1, 0.15) is 43.7 Å². The second-order valence-corrected chi connectivity index (χ2v) is 9.07. The average Bonchev–Trinajstić information content (AvgIpc) is 3.46. The Morgan fingerprint density at radius 1 is 1.06 bits per heavy atom. The summed E-state index contributed by atoms with van der Waals surface area (Å²) in [5, 5.41) is 11.9. The van der Waals surface area contributed by atoms with Crippen molar-refractivity contribution < 1.29 is 24.2 Å². The lowest BCUT2D eigenvalue weighted by molar-refractivity contribution is -0.142. The molecule has 2 aliphatic rings. The van der Waals surface area contributed by atoms with Gasteiger partial charge in [0.05, 0.1) is 6.42 Å². The van der Waals surface area contributed by atoms with Crippen LogP contribution in [-0.4, -0.2) is 77.7 Å². The van der Waals surface area contributed by atoms with Gasteiger partial charge in [0.25, 0.3) is 0 Å². The summed E-state index contributed by atoms with van der Waals surface area (Å²) >= 11 is 0. The summed E-state index contributed by atoms with van der Waals surface area (Å²) in [4.78, 5) is 41.2. The van der Waals surface area contributed by atoms with Gasteiger partial charge in [-0.25, -0.2) is 4.79 Å². The number of benzene rings is 2. The second-order valence-electron chi connectivity index (χ2n) is 9.07. The minimum absolute atomic E-state index is 0.0988. The van der Waals surface area contributed by atoms with E-state index in [4.69, 9.17) is 4.74 Å². The normalized spacial score (nSPS) is 17.7. The maximum atomic E-state index is 13.1. The van der Waals surface area contributed by atoms with E-state index in [9.17, 15) is 19.5 Å². The highest BCUT2D eigenvalue weighted by atomic mass is 16.5. The molecule has 2 N–H and O–H groups in total. The molecule has 1 heterocycles. The number of alkyl carbamates (subject to hydrolysis) is 1. The van der Waals surface area contributed by atoms with Gasteiger partial charge in [-0.15, -0.1) is 0 Å². The predicted octanol–water partition coefficient (Wildman–Crippen LogP) is 3.31. The summed E-state index contributed by atoms with van der Waals surface area (Å²) in [6, 6.07) is 15.1. The van der Waals surface area contributed by atoms with Crippen LogP contribution < -0.4 is 5.32 Å². The number of hydrogen-bond acceptors (Lipinski definition) is 5. The van der Waals surface area contributed by atoms with Crippen LogP contribution in [0, 0.1) is 0 Å². The number of fused-ring (bicyclic) bond motifs is 3. The third kappa shape index (κ3) is 5.32. The molecule has 8 nitrogen and oxygen atoms in total. The van der Waals surface area contributed by atoms with Crippen LogP contribution in [0.3, 0.4) is 0 Å². The molecule has 1 aliphatic carbocycles. The van der Waals surface area contributed by atoms with Crippen molar-refractivity contribution in [1.82, 2.24) is 15.1 Å². The van der Waals surface area contributed by atoms with Gasteiger partial charge in [0.15, 0.2) is 0 Å². The molecule has 186 valence electrons. The van der Waals surface area contributed by atoms with E-state index in [-0.39, 0.29) is 24.5 Å². The molecule has 1 fully saturated rings. The van der Waals surface area contributed by atoms with Gasteiger partial charge in [-0.3, -0.25) is 14.5 Å². The number of rotatable bonds is 9. The number of likely N-dealkylation sites (N-methyl/N-ethyl adjacent to an activating group) is 1. The van der Waals surface area contributed by atoms with E-state index >= 15 is 0 Å². The molecule has 0 spiro atoms. The Balaban J connectivity index is 1.40. The van der Waals surface area contributed by atoms with Gasteiger partial charge in [0, 0.05) is 25.0 Å². The van der Waals surface area contributed by atoms with Crippen molar-refractivity contribution in [2.45, 2.75) is 44.7 Å². The molecule has 2 aromatic carbocycles. The van der Waals surface area contributed by atoms with Crippen molar-refractivity contribution in [3.63, 3.8) is 0 Å². The standard InChI is InChI=1S/C27H33N3O5/c1-3-29(4-2)18-13-14-30(16-18)26(33)24(15-25(31)32)28-27(34)35-17-23-21-11-7-5-9-19(21)20-10-6-8-12-22(20)23/h5-12,18,23-24H,3-4,13-17H2,1-2H3,(H,28,34)(H,31,32). The summed E-state index contributed by atoms with van der Waals surface area (Å²) < 4.78 is 5.54. The number of carbonyl (C=O) groups is 3. The third-order valence-electron chi connectivity index (χ3n) is 7.12. The number of likely N-dealkylation sites (tertiary alicyclic amines) is 1. The first-order valence-electron chi connectivity index (χ1n) is 12.3. The number of carboxylic acid groups (broad SMARTS) is 1. The van der Waals surface area contributed by atoms with E-state index in [1.165, 1.54) is 0 Å². The molecule has 35 heavy (non-hydrogen) atoms. The highest BCUT2D eigenvalue weighted by Crippen LogP contribution is 2.44. The van der Waals surface area contributed by atoms with Gasteiger partial charge >= 0.3 is 12.1 Å². The number of nitrogens with zero attached hydrogens (tertiary/aromatic N) is 2. The van der Waals surface area contributed by atoms with Crippen LogP contribution in [0.5, 0.6) is 0 Å². The molecule has 0 saturated carbocycles. The van der Waals surface area contributed by atoms with E-state index in [1.807, 2.05) is 36.4 Å². The van der Waals surface area contributed by atoms with E-state index in [0.717, 1.165) is 41.8 Å². The minimum atomic E-state index is -1.17. The molecule has 0 aromatic heterocycles. The van der Waals surface area contributed by atoms with Gasteiger partial charge < -0.3 is 20.1 Å². The van der Waals surface area contributed by atoms with Crippen molar-refractivity contribution in [1.29, 1.82) is 0 Å². The lowest BCUT2D eigenvalue weighted by Gasteiger charge is -2.27. The molecular weight excluding hydrogens is 446 g/mol. The number of hydrogen-bond donors (Lipinski definition) is 2. The average molecular weight is 480 g/mol.